The lowest BCUT2D eigenvalue weighted by Crippen LogP contribution is -2.33. The Morgan fingerprint density at radius 2 is 1.77 bits per heavy atom. The van der Waals surface area contributed by atoms with Gasteiger partial charge in [-0.2, -0.15) is 0 Å². The van der Waals surface area contributed by atoms with E-state index >= 15 is 0 Å². The van der Waals surface area contributed by atoms with Gasteiger partial charge in [0.15, 0.2) is 23.1 Å². The van der Waals surface area contributed by atoms with Crippen LogP contribution in [-0.2, 0) is 16.8 Å². The van der Waals surface area contributed by atoms with E-state index in [1.54, 1.807) is 57.3 Å². The van der Waals surface area contributed by atoms with Gasteiger partial charge in [0.05, 0.1) is 16.7 Å². The number of nitrogens with zero attached hydrogens (tertiary/aromatic N) is 3. The first-order chi connectivity index (χ1) is 14.4. The van der Waals surface area contributed by atoms with Crippen LogP contribution in [-0.4, -0.2) is 28.0 Å². The minimum Gasteiger partial charge on any atom is -0.452 e. The normalized spacial score (nSPS) is 14.6. The third-order valence-electron chi connectivity index (χ3n) is 5.05. The molecule has 3 aromatic rings. The van der Waals surface area contributed by atoms with Gasteiger partial charge < -0.3 is 15.2 Å². The van der Waals surface area contributed by atoms with Crippen molar-refractivity contribution < 1.29 is 19.0 Å². The number of ether oxygens (including phenoxy) is 1. The second kappa shape index (κ2) is 7.38. The number of benzene rings is 2. The smallest absolute Gasteiger partial charge is 0.243 e. The fourth-order valence-electron chi connectivity index (χ4n) is 3.56. The van der Waals surface area contributed by atoms with Gasteiger partial charge in [0, 0.05) is 7.05 Å². The topological polar surface area (TPSA) is 87.6 Å². The summed E-state index contributed by atoms with van der Waals surface area (Å²) in [5, 5.41) is 12.6. The Bertz CT molecular complexity index is 1130. The molecule has 0 fully saturated rings. The van der Waals surface area contributed by atoms with E-state index in [4.69, 9.17) is 4.74 Å². The van der Waals surface area contributed by atoms with Gasteiger partial charge in [-0.05, 0) is 38.1 Å². The van der Waals surface area contributed by atoms with E-state index < -0.39 is 11.2 Å². The number of rotatable bonds is 5. The van der Waals surface area contributed by atoms with E-state index in [0.29, 0.717) is 28.6 Å². The predicted molar refractivity (Wildman–Crippen MR) is 111 cm³/mol. The van der Waals surface area contributed by atoms with Crippen LogP contribution in [0.1, 0.15) is 25.2 Å². The predicted octanol–water partition coefficient (Wildman–Crippen LogP) is 3.90. The largest absolute Gasteiger partial charge is 0.452 e. The second-order valence-electron chi connectivity index (χ2n) is 7.36. The Morgan fingerprint density at radius 3 is 2.43 bits per heavy atom. The molecule has 1 aliphatic heterocycles. The van der Waals surface area contributed by atoms with Crippen LogP contribution in [0.25, 0.3) is 0 Å². The molecule has 2 heterocycles. The van der Waals surface area contributed by atoms with Crippen molar-refractivity contribution in [2.45, 2.75) is 25.9 Å². The van der Waals surface area contributed by atoms with Crippen LogP contribution in [0.15, 0.2) is 48.5 Å². The van der Waals surface area contributed by atoms with Crippen molar-refractivity contribution in [2.24, 2.45) is 0 Å². The fourth-order valence-corrected chi connectivity index (χ4v) is 3.56. The highest BCUT2D eigenvalue weighted by Gasteiger charge is 2.49. The van der Waals surface area contributed by atoms with Crippen molar-refractivity contribution in [3.63, 3.8) is 0 Å². The van der Waals surface area contributed by atoms with Crippen LogP contribution in [0.5, 0.6) is 11.5 Å². The van der Waals surface area contributed by atoms with Gasteiger partial charge in [-0.1, -0.05) is 24.3 Å². The first-order valence-electron chi connectivity index (χ1n) is 9.44. The van der Waals surface area contributed by atoms with E-state index in [0.717, 1.165) is 0 Å². The third kappa shape index (κ3) is 3.05. The van der Waals surface area contributed by atoms with Gasteiger partial charge in [0.2, 0.25) is 5.91 Å². The van der Waals surface area contributed by atoms with Crippen LogP contribution < -0.4 is 15.0 Å². The van der Waals surface area contributed by atoms with Crippen molar-refractivity contribution >= 4 is 23.2 Å². The summed E-state index contributed by atoms with van der Waals surface area (Å²) in [6.45, 7) is 3.20. The van der Waals surface area contributed by atoms with Crippen LogP contribution in [0.3, 0.4) is 0 Å². The van der Waals surface area contributed by atoms with E-state index in [1.807, 2.05) is 0 Å². The van der Waals surface area contributed by atoms with Gasteiger partial charge in [0.25, 0.3) is 0 Å². The lowest BCUT2D eigenvalue weighted by molar-refractivity contribution is -0.121. The van der Waals surface area contributed by atoms with Crippen molar-refractivity contribution in [2.75, 3.05) is 17.3 Å². The summed E-state index contributed by atoms with van der Waals surface area (Å²) < 4.78 is 20.0. The van der Waals surface area contributed by atoms with Gasteiger partial charge in [-0.25, -0.2) is 14.4 Å². The number of fused-ring (bicyclic) bond motifs is 1. The Hall–Kier alpha value is -3.52. The Balaban J connectivity index is 1.89. The summed E-state index contributed by atoms with van der Waals surface area (Å²) in [6, 6.07) is 12.9. The summed E-state index contributed by atoms with van der Waals surface area (Å²) >= 11 is 0. The van der Waals surface area contributed by atoms with Crippen molar-refractivity contribution in [1.82, 2.24) is 9.97 Å². The van der Waals surface area contributed by atoms with E-state index in [9.17, 15) is 14.3 Å². The zero-order valence-electron chi connectivity index (χ0n) is 16.8. The summed E-state index contributed by atoms with van der Waals surface area (Å²) in [6.07, 6.45) is 0. The molecule has 1 aliphatic rings. The molecule has 0 saturated heterocycles. The number of para-hydroxylation sites is 3. The molecule has 2 N–H and O–H groups in total. The molecular formula is C22H21FN4O3. The first-order valence-corrected chi connectivity index (χ1v) is 9.44. The van der Waals surface area contributed by atoms with E-state index in [1.165, 1.54) is 17.0 Å². The Kier molecular flexibility index (Phi) is 4.87. The number of carbonyl (C=O) groups is 1. The van der Waals surface area contributed by atoms with Crippen LogP contribution in [0, 0.1) is 5.82 Å². The minimum atomic E-state index is -0.924. The van der Waals surface area contributed by atoms with Gasteiger partial charge in [-0.15, -0.1) is 0 Å². The molecular weight excluding hydrogens is 387 g/mol. The summed E-state index contributed by atoms with van der Waals surface area (Å²) in [5.74, 6) is 0.614. The molecule has 0 saturated carbocycles. The zero-order valence-corrected chi connectivity index (χ0v) is 16.8. The average molecular weight is 408 g/mol. The minimum absolute atomic E-state index is 0.0470. The maximum atomic E-state index is 14.2. The third-order valence-corrected chi connectivity index (χ3v) is 5.05. The van der Waals surface area contributed by atoms with Crippen LogP contribution in [0.4, 0.5) is 21.7 Å². The number of aromatic nitrogens is 2. The average Bonchev–Trinajstić information content (AvgIpc) is 2.95. The zero-order chi connectivity index (χ0) is 21.5. The lowest BCUT2D eigenvalue weighted by Gasteiger charge is -2.22. The van der Waals surface area contributed by atoms with E-state index in [-0.39, 0.29) is 24.1 Å². The molecule has 1 aromatic heterocycles. The molecule has 0 unspecified atom stereocenters. The number of halogens is 1. The Morgan fingerprint density at radius 1 is 1.10 bits per heavy atom. The lowest BCUT2D eigenvalue weighted by atomic mass is 9.87. The maximum Gasteiger partial charge on any atom is 0.243 e. The second-order valence-corrected chi connectivity index (χ2v) is 7.36. The summed E-state index contributed by atoms with van der Waals surface area (Å²) in [4.78, 5) is 23.6. The number of nitrogens with one attached hydrogen (secondary N) is 1. The standard InChI is InChI=1S/C22H21FN4O3/c1-22(2)18-19(24-3)25-17(12-28)26-20(18)27(21(22)29)14-9-5-7-11-16(14)30-15-10-6-4-8-13(15)23/h4-11,28H,12H2,1-3H3,(H,24,25,26). The molecule has 4 rings (SSSR count). The van der Waals surface area contributed by atoms with Gasteiger partial charge >= 0.3 is 0 Å². The monoisotopic (exact) mass is 408 g/mol. The Labute approximate surface area is 173 Å². The van der Waals surface area contributed by atoms with Crippen LogP contribution in [0.2, 0.25) is 0 Å². The summed E-state index contributed by atoms with van der Waals surface area (Å²) in [5.41, 5.74) is 0.113. The quantitative estimate of drug-likeness (QED) is 0.666. The first kappa shape index (κ1) is 19.8. The molecule has 7 nitrogen and oxygen atoms in total. The molecule has 154 valence electrons. The fraction of sp³-hybridized carbons (Fsp3) is 0.227. The molecule has 0 bridgehead atoms. The summed E-state index contributed by atoms with van der Waals surface area (Å²) in [7, 11) is 1.70. The number of aliphatic hydroxyl groups is 1. The number of hydrogen-bond acceptors (Lipinski definition) is 6. The van der Waals surface area contributed by atoms with Crippen molar-refractivity contribution in [3.05, 3.63) is 65.7 Å². The van der Waals surface area contributed by atoms with E-state index in [2.05, 4.69) is 15.3 Å². The molecule has 8 heteroatoms. The maximum absolute atomic E-state index is 14.2. The molecule has 0 aliphatic carbocycles. The molecule has 1 amide bonds. The number of carbonyl (C=O) groups excluding carboxylic acids is 1. The molecule has 0 radical (unpaired) electrons. The number of hydrogen-bond donors (Lipinski definition) is 2. The highest BCUT2D eigenvalue weighted by Crippen LogP contribution is 2.49. The molecule has 0 atom stereocenters. The number of anilines is 3. The van der Waals surface area contributed by atoms with Gasteiger partial charge in [0.1, 0.15) is 18.2 Å². The number of amides is 1. The van der Waals surface area contributed by atoms with Crippen molar-refractivity contribution in [3.8, 4) is 11.5 Å². The number of aliphatic hydroxyl groups excluding tert-OH is 1. The highest BCUT2D eigenvalue weighted by molar-refractivity contribution is 6.13. The highest BCUT2D eigenvalue weighted by atomic mass is 19.1. The van der Waals surface area contributed by atoms with Crippen LogP contribution >= 0.6 is 0 Å². The molecule has 2 aromatic carbocycles. The SMILES string of the molecule is CNc1nc(CO)nc2c1C(C)(C)C(=O)N2c1ccccc1Oc1ccccc1F. The molecule has 0 spiro atoms. The van der Waals surface area contributed by atoms with Crippen molar-refractivity contribution in [1.29, 1.82) is 0 Å². The van der Waals surface area contributed by atoms with Gasteiger partial charge in [-0.3, -0.25) is 9.69 Å². The molecule has 30 heavy (non-hydrogen) atoms.